The molecule has 0 radical (unpaired) electrons. The molecule has 0 spiro atoms. The van der Waals surface area contributed by atoms with Crippen LogP contribution in [-0.4, -0.2) is 24.1 Å². The normalized spacial score (nSPS) is 11.7. The van der Waals surface area contributed by atoms with E-state index in [1.165, 1.54) is 77.0 Å². The summed E-state index contributed by atoms with van der Waals surface area (Å²) < 4.78 is 4.82. The topological polar surface area (TPSA) is 48.5 Å². The lowest BCUT2D eigenvalue weighted by Crippen LogP contribution is -2.00. The Hall–Kier alpha value is -7.63. The fraction of sp³-hybridized carbons (Fsp3) is 0.0727. The van der Waals surface area contributed by atoms with Gasteiger partial charge in [0.25, 0.3) is 0 Å². The second-order valence-corrected chi connectivity index (χ2v) is 16.1. The van der Waals surface area contributed by atoms with E-state index in [1.54, 1.807) is 0 Å². The van der Waals surface area contributed by atoms with Gasteiger partial charge in [-0.3, -0.25) is 0 Å². The number of nitrogens with zero attached hydrogens (tertiary/aromatic N) is 5. The molecule has 0 atom stereocenters. The molecule has 5 heteroatoms. The van der Waals surface area contributed by atoms with E-state index in [0.717, 1.165) is 28.1 Å². The highest BCUT2D eigenvalue weighted by Gasteiger charge is 2.20. The van der Waals surface area contributed by atoms with Gasteiger partial charge in [-0.15, -0.1) is 0 Å². The molecule has 0 bridgehead atoms. The van der Waals surface area contributed by atoms with Crippen molar-refractivity contribution >= 4 is 43.6 Å². The molecule has 0 saturated heterocycles. The molecule has 0 fully saturated rings. The number of hydrogen-bond acceptors (Lipinski definition) is 3. The summed E-state index contributed by atoms with van der Waals surface area (Å²) in [6.45, 7) is 8.72. The lowest BCUT2D eigenvalue weighted by molar-refractivity contribution is 1.07. The van der Waals surface area contributed by atoms with Gasteiger partial charge in [0.05, 0.1) is 22.1 Å². The Labute approximate surface area is 348 Å². The molecule has 0 aliphatic heterocycles. The largest absolute Gasteiger partial charge is 0.309 e. The zero-order valence-corrected chi connectivity index (χ0v) is 34.0. The van der Waals surface area contributed by atoms with E-state index in [4.69, 9.17) is 15.0 Å². The first-order chi connectivity index (χ1) is 29.4. The fourth-order valence-corrected chi connectivity index (χ4v) is 8.91. The highest BCUT2D eigenvalue weighted by Crippen LogP contribution is 2.41. The monoisotopic (exact) mass is 771 g/mol. The molecule has 0 aliphatic carbocycles. The number of hydrogen-bond donors (Lipinski definition) is 0. The van der Waals surface area contributed by atoms with Crippen molar-refractivity contribution in [3.8, 4) is 56.7 Å². The molecule has 3 heterocycles. The van der Waals surface area contributed by atoms with Gasteiger partial charge in [-0.25, -0.2) is 15.0 Å². The van der Waals surface area contributed by atoms with E-state index in [-0.39, 0.29) is 0 Å². The molecule has 3 aromatic heterocycles. The van der Waals surface area contributed by atoms with Gasteiger partial charge in [0, 0.05) is 55.2 Å². The lowest BCUT2D eigenvalue weighted by Gasteiger charge is -2.14. The summed E-state index contributed by atoms with van der Waals surface area (Å²) >= 11 is 0. The maximum absolute atomic E-state index is 5.00. The van der Waals surface area contributed by atoms with E-state index >= 15 is 0 Å². The highest BCUT2D eigenvalue weighted by molar-refractivity contribution is 6.14. The number of benzene rings is 8. The van der Waals surface area contributed by atoms with Crippen LogP contribution in [0.3, 0.4) is 0 Å². The van der Waals surface area contributed by atoms with E-state index in [2.05, 4.69) is 152 Å². The molecule has 5 nitrogen and oxygen atoms in total. The third-order valence-electron chi connectivity index (χ3n) is 11.8. The number of aromatic nitrogens is 5. The third-order valence-corrected chi connectivity index (χ3v) is 11.8. The smallest absolute Gasteiger partial charge is 0.164 e. The minimum atomic E-state index is 0.636. The Morgan fingerprint density at radius 1 is 0.317 bits per heavy atom. The van der Waals surface area contributed by atoms with Crippen LogP contribution in [0.15, 0.2) is 176 Å². The van der Waals surface area contributed by atoms with Crippen molar-refractivity contribution in [2.75, 3.05) is 0 Å². The van der Waals surface area contributed by atoms with Crippen molar-refractivity contribution < 1.29 is 0 Å². The maximum atomic E-state index is 5.00. The summed E-state index contributed by atoms with van der Waals surface area (Å²) in [4.78, 5) is 14.9. The number of fused-ring (bicyclic) bond motifs is 6. The Balaban J connectivity index is 1.06. The van der Waals surface area contributed by atoms with Crippen molar-refractivity contribution in [3.63, 3.8) is 0 Å². The predicted octanol–water partition coefficient (Wildman–Crippen LogP) is 14.0. The van der Waals surface area contributed by atoms with Crippen LogP contribution in [0.5, 0.6) is 0 Å². The Morgan fingerprint density at radius 2 is 0.700 bits per heavy atom. The molecular weight excluding hydrogens is 731 g/mol. The molecule has 0 amide bonds. The van der Waals surface area contributed by atoms with Gasteiger partial charge < -0.3 is 9.13 Å². The minimum Gasteiger partial charge on any atom is -0.309 e. The van der Waals surface area contributed by atoms with Gasteiger partial charge in [-0.2, -0.15) is 0 Å². The van der Waals surface area contributed by atoms with Crippen LogP contribution in [0, 0.1) is 27.7 Å². The first kappa shape index (κ1) is 35.5. The zero-order valence-electron chi connectivity index (χ0n) is 34.0. The molecular formula is C55H41N5. The summed E-state index contributed by atoms with van der Waals surface area (Å²) in [5.41, 5.74) is 17.2. The van der Waals surface area contributed by atoms with Crippen molar-refractivity contribution in [2.45, 2.75) is 27.7 Å². The standard InChI is InChI=1S/C55H41N5/c1-34-15-26-49-45(29-34)46-30-35(2)16-27-50(46)59(49)42-22-18-38(19-23-42)44-32-37(4)33-48-47-31-36(3)17-28-51(47)60(52(44)48)43-24-20-41(21-25-43)55-57-53(39-11-7-5-8-12-39)56-54(58-55)40-13-9-6-10-14-40/h5-33H,1-4H3. The molecule has 11 rings (SSSR count). The first-order valence-corrected chi connectivity index (χ1v) is 20.5. The third kappa shape index (κ3) is 5.97. The molecule has 60 heavy (non-hydrogen) atoms. The molecule has 8 aromatic carbocycles. The summed E-state index contributed by atoms with van der Waals surface area (Å²) in [7, 11) is 0. The van der Waals surface area contributed by atoms with Crippen LogP contribution in [0.4, 0.5) is 0 Å². The molecule has 0 N–H and O–H groups in total. The van der Waals surface area contributed by atoms with Crippen LogP contribution in [0.2, 0.25) is 0 Å². The van der Waals surface area contributed by atoms with Crippen LogP contribution in [0.25, 0.3) is 100 Å². The van der Waals surface area contributed by atoms with Gasteiger partial charge in [0.15, 0.2) is 17.5 Å². The number of rotatable bonds is 6. The van der Waals surface area contributed by atoms with Gasteiger partial charge in [0.1, 0.15) is 0 Å². The fourth-order valence-electron chi connectivity index (χ4n) is 8.91. The second kappa shape index (κ2) is 14.0. The van der Waals surface area contributed by atoms with E-state index < -0.39 is 0 Å². The Morgan fingerprint density at radius 3 is 1.18 bits per heavy atom. The summed E-state index contributed by atoms with van der Waals surface area (Å²) in [5.74, 6) is 1.93. The van der Waals surface area contributed by atoms with Gasteiger partial charge in [0.2, 0.25) is 0 Å². The molecule has 0 saturated carbocycles. The first-order valence-electron chi connectivity index (χ1n) is 20.5. The van der Waals surface area contributed by atoms with Gasteiger partial charge >= 0.3 is 0 Å². The SMILES string of the molecule is Cc1ccc2c(c1)c1cc(C)ccc1n2-c1ccc(-c2cc(C)cc3c4cc(C)ccc4n(-c4ccc(-c5nc(-c6ccccc6)nc(-c6ccccc6)n5)cc4)c23)cc1. The zero-order chi connectivity index (χ0) is 40.5. The minimum absolute atomic E-state index is 0.636. The van der Waals surface area contributed by atoms with Crippen molar-refractivity contribution in [3.05, 3.63) is 198 Å². The van der Waals surface area contributed by atoms with E-state index in [1.807, 2.05) is 60.7 Å². The summed E-state index contributed by atoms with van der Waals surface area (Å²) in [6.07, 6.45) is 0. The maximum Gasteiger partial charge on any atom is 0.164 e. The average Bonchev–Trinajstić information content (AvgIpc) is 3.78. The van der Waals surface area contributed by atoms with Crippen molar-refractivity contribution in [1.82, 2.24) is 24.1 Å². The van der Waals surface area contributed by atoms with Crippen molar-refractivity contribution in [1.29, 1.82) is 0 Å². The van der Waals surface area contributed by atoms with Crippen LogP contribution >= 0.6 is 0 Å². The molecule has 0 unspecified atom stereocenters. The van der Waals surface area contributed by atoms with Crippen LogP contribution < -0.4 is 0 Å². The molecule has 0 aliphatic rings. The number of aryl methyl sites for hydroxylation is 4. The van der Waals surface area contributed by atoms with E-state index in [9.17, 15) is 0 Å². The summed E-state index contributed by atoms with van der Waals surface area (Å²) in [6, 6.07) is 63.1. The van der Waals surface area contributed by atoms with Gasteiger partial charge in [-0.05, 0) is 124 Å². The van der Waals surface area contributed by atoms with Crippen LogP contribution in [0.1, 0.15) is 22.3 Å². The van der Waals surface area contributed by atoms with Crippen molar-refractivity contribution in [2.24, 2.45) is 0 Å². The lowest BCUT2D eigenvalue weighted by atomic mass is 9.98. The Bertz CT molecular complexity index is 3310. The summed E-state index contributed by atoms with van der Waals surface area (Å²) in [5, 5.41) is 5.05. The van der Waals surface area contributed by atoms with Gasteiger partial charge in [-0.1, -0.05) is 108 Å². The van der Waals surface area contributed by atoms with E-state index in [0.29, 0.717) is 17.5 Å². The molecule has 11 aromatic rings. The Kier molecular flexibility index (Phi) is 8.31. The quantitative estimate of drug-likeness (QED) is 0.169. The highest BCUT2D eigenvalue weighted by atomic mass is 15.0. The second-order valence-electron chi connectivity index (χ2n) is 16.1. The molecule has 286 valence electrons. The average molecular weight is 772 g/mol. The van der Waals surface area contributed by atoms with Crippen LogP contribution in [-0.2, 0) is 0 Å². The predicted molar refractivity (Wildman–Crippen MR) is 249 cm³/mol.